The molecule has 0 fully saturated rings. The molecule has 0 aliphatic carbocycles. The Kier molecular flexibility index (Phi) is 9.57. The molecule has 0 saturated carbocycles. The van der Waals surface area contributed by atoms with Gasteiger partial charge in [0.25, 0.3) is 0 Å². The minimum absolute atomic E-state index is 0.761. The van der Waals surface area contributed by atoms with Gasteiger partial charge in [-0.2, -0.15) is 0 Å². The fourth-order valence-electron chi connectivity index (χ4n) is 1.18. The summed E-state index contributed by atoms with van der Waals surface area (Å²) in [5.74, 6) is 1.52. The fourth-order valence-corrected chi connectivity index (χ4v) is 2.42. The average molecular weight is 328 g/mol. The predicted octanol–water partition coefficient (Wildman–Crippen LogP) is 3.86. The Bertz CT molecular complexity index is 171. The summed E-state index contributed by atoms with van der Waals surface area (Å²) in [6, 6.07) is 0. The summed E-state index contributed by atoms with van der Waals surface area (Å²) in [6.45, 7) is 11.3. The molecule has 0 rings (SSSR count). The molecule has 0 aliphatic rings. The van der Waals surface area contributed by atoms with Crippen LogP contribution in [0.4, 0.5) is 0 Å². The van der Waals surface area contributed by atoms with Crippen molar-refractivity contribution in [3.05, 3.63) is 0 Å². The molecule has 0 amide bonds. The first-order valence-corrected chi connectivity index (χ1v) is 9.16. The van der Waals surface area contributed by atoms with Gasteiger partial charge in [0, 0.05) is 0 Å². The van der Waals surface area contributed by atoms with Gasteiger partial charge >= 0.3 is 115 Å². The molecule has 0 heterocycles. The summed E-state index contributed by atoms with van der Waals surface area (Å²) in [5.41, 5.74) is 0. The number of hydrogen-bond donors (Lipinski definition) is 0. The molecule has 0 aromatic rings. The first-order valence-electron chi connectivity index (χ1n) is 5.56. The van der Waals surface area contributed by atoms with Gasteiger partial charge < -0.3 is 0 Å². The van der Waals surface area contributed by atoms with Crippen molar-refractivity contribution in [2.24, 2.45) is 11.8 Å². The molecule has 0 bridgehead atoms. The summed E-state index contributed by atoms with van der Waals surface area (Å²) in [4.78, 5) is 2.36. The van der Waals surface area contributed by atoms with Crippen LogP contribution in [0.25, 0.3) is 0 Å². The Labute approximate surface area is 114 Å². The van der Waals surface area contributed by atoms with Gasteiger partial charge in [0.05, 0.1) is 0 Å². The Balaban J connectivity index is 4.01. The Hall–Kier alpha value is 0.928. The van der Waals surface area contributed by atoms with Gasteiger partial charge in [-0.05, 0) is 0 Å². The van der Waals surface area contributed by atoms with Gasteiger partial charge in [0.15, 0.2) is 0 Å². The molecule has 0 saturated heterocycles. The van der Waals surface area contributed by atoms with Gasteiger partial charge in [-0.1, -0.05) is 0 Å². The van der Waals surface area contributed by atoms with Crippen molar-refractivity contribution in [1.82, 2.24) is 4.90 Å². The van der Waals surface area contributed by atoms with Gasteiger partial charge in [-0.3, -0.25) is 0 Å². The summed E-state index contributed by atoms with van der Waals surface area (Å²) >= 11 is 7.37. The number of nitrogens with zero attached hydrogens (tertiary/aromatic N) is 1. The molecule has 0 N–H and O–H groups in total. The maximum absolute atomic E-state index is 5.37. The van der Waals surface area contributed by atoms with Crippen LogP contribution >= 0.6 is 21.7 Å². The molecule has 0 aromatic carbocycles. The normalized spacial score (nSPS) is 11.1. The third-order valence-corrected chi connectivity index (χ3v) is 5.20. The first kappa shape index (κ1) is 15.9. The minimum atomic E-state index is 0.761. The Morgan fingerprint density at radius 1 is 1.13 bits per heavy atom. The van der Waals surface area contributed by atoms with Crippen LogP contribution < -0.4 is 0 Å². The van der Waals surface area contributed by atoms with E-state index in [0.29, 0.717) is 0 Å². The van der Waals surface area contributed by atoms with E-state index in [4.69, 9.17) is 12.2 Å². The van der Waals surface area contributed by atoms with E-state index in [-0.39, 0.29) is 0 Å². The molecule has 0 spiro atoms. The standard InChI is InChI=1S/C11H23NS2.Mo/c1-9(2)5-7-12(11(13)14)8-6-10(3)4;/h9-10H,5-8H2,1-4H3,(H,13,14);/q;+1/p-1. The van der Waals surface area contributed by atoms with Crippen molar-refractivity contribution in [3.8, 4) is 0 Å². The van der Waals surface area contributed by atoms with Gasteiger partial charge in [-0.25, -0.2) is 0 Å². The van der Waals surface area contributed by atoms with Crippen molar-refractivity contribution in [2.75, 3.05) is 13.1 Å². The van der Waals surface area contributed by atoms with Crippen LogP contribution in [0.5, 0.6) is 0 Å². The zero-order valence-electron chi connectivity index (χ0n) is 10.2. The SMILES string of the molecule is CC(C)CCN(CCC(C)C)C(=S)[S][Mo]. The van der Waals surface area contributed by atoms with E-state index < -0.39 is 0 Å². The summed E-state index contributed by atoms with van der Waals surface area (Å²) in [6.07, 6.45) is 2.47. The van der Waals surface area contributed by atoms with Gasteiger partial charge in [0.1, 0.15) is 0 Å². The van der Waals surface area contributed by atoms with Crippen LogP contribution in [0, 0.1) is 11.8 Å². The second-order valence-corrected chi connectivity index (χ2v) is 7.13. The summed E-state index contributed by atoms with van der Waals surface area (Å²) in [5, 5.41) is 0. The molecule has 1 nitrogen and oxygen atoms in total. The Morgan fingerprint density at radius 3 is 1.80 bits per heavy atom. The van der Waals surface area contributed by atoms with Crippen molar-refractivity contribution < 1.29 is 18.5 Å². The second-order valence-electron chi connectivity index (χ2n) is 4.70. The van der Waals surface area contributed by atoms with Crippen molar-refractivity contribution >= 4 is 26.0 Å². The van der Waals surface area contributed by atoms with Crippen LogP contribution in [0.2, 0.25) is 0 Å². The van der Waals surface area contributed by atoms with E-state index in [1.54, 1.807) is 9.47 Å². The third-order valence-electron chi connectivity index (χ3n) is 2.28. The Morgan fingerprint density at radius 2 is 1.53 bits per heavy atom. The van der Waals surface area contributed by atoms with E-state index >= 15 is 0 Å². The van der Waals surface area contributed by atoms with Crippen molar-refractivity contribution in [1.29, 1.82) is 0 Å². The molecule has 0 atom stereocenters. The van der Waals surface area contributed by atoms with Crippen molar-refractivity contribution in [3.63, 3.8) is 0 Å². The van der Waals surface area contributed by atoms with Crippen LogP contribution in [0.15, 0.2) is 0 Å². The third kappa shape index (κ3) is 8.71. The monoisotopic (exact) mass is 330 g/mol. The molecular formula is C11H22MoNS2. The predicted molar refractivity (Wildman–Crippen MR) is 70.7 cm³/mol. The average Bonchev–Trinajstić information content (AvgIpc) is 2.16. The summed E-state index contributed by atoms with van der Waals surface area (Å²) < 4.78 is 1.06. The van der Waals surface area contributed by atoms with Gasteiger partial charge in [-0.15, -0.1) is 0 Å². The molecule has 15 heavy (non-hydrogen) atoms. The topological polar surface area (TPSA) is 3.24 Å². The number of hydrogen-bond acceptors (Lipinski definition) is 2. The van der Waals surface area contributed by atoms with Crippen molar-refractivity contribution in [2.45, 2.75) is 40.5 Å². The van der Waals surface area contributed by atoms with E-state index in [1.807, 2.05) is 18.5 Å². The van der Waals surface area contributed by atoms with E-state index in [0.717, 1.165) is 29.2 Å². The molecule has 4 heteroatoms. The number of thiocarbonyl (C=S) groups is 1. The van der Waals surface area contributed by atoms with Crippen LogP contribution in [-0.2, 0) is 18.5 Å². The van der Waals surface area contributed by atoms with E-state index in [9.17, 15) is 0 Å². The van der Waals surface area contributed by atoms with E-state index in [2.05, 4.69) is 32.6 Å². The first-order chi connectivity index (χ1) is 6.97. The van der Waals surface area contributed by atoms with Gasteiger partial charge in [0.2, 0.25) is 0 Å². The fraction of sp³-hybridized carbons (Fsp3) is 0.909. The number of rotatable bonds is 6. The molecule has 0 aromatic heterocycles. The quantitative estimate of drug-likeness (QED) is 0.538. The second kappa shape index (κ2) is 9.01. The molecule has 0 radical (unpaired) electrons. The molecular weight excluding hydrogens is 306 g/mol. The van der Waals surface area contributed by atoms with Crippen LogP contribution in [0.3, 0.4) is 0 Å². The van der Waals surface area contributed by atoms with Crippen LogP contribution in [0.1, 0.15) is 40.5 Å². The maximum atomic E-state index is 5.37. The molecule has 0 aliphatic heterocycles. The van der Waals surface area contributed by atoms with E-state index in [1.165, 1.54) is 12.8 Å². The molecule has 0 unspecified atom stereocenters. The summed E-state index contributed by atoms with van der Waals surface area (Å²) in [7, 11) is 1.70. The zero-order valence-corrected chi connectivity index (χ0v) is 13.8. The molecule has 89 valence electrons. The zero-order chi connectivity index (χ0) is 11.8. The van der Waals surface area contributed by atoms with Crippen LogP contribution in [-0.4, -0.2) is 22.3 Å².